The Labute approximate surface area is 142 Å². The highest BCUT2D eigenvalue weighted by Crippen LogP contribution is 2.27. The largest absolute Gasteiger partial charge is 0.481 e. The van der Waals surface area contributed by atoms with E-state index in [0.717, 1.165) is 0 Å². The van der Waals surface area contributed by atoms with E-state index in [1.165, 1.54) is 18.2 Å². The minimum atomic E-state index is -0.806. The van der Waals surface area contributed by atoms with E-state index in [2.05, 4.69) is 5.32 Å². The van der Waals surface area contributed by atoms with Gasteiger partial charge in [0.1, 0.15) is 5.75 Å². The molecule has 23 heavy (non-hydrogen) atoms. The zero-order valence-corrected chi connectivity index (χ0v) is 13.5. The minimum absolute atomic E-state index is 0.0718. The second-order valence-electron chi connectivity index (χ2n) is 4.63. The van der Waals surface area contributed by atoms with Gasteiger partial charge < -0.3 is 10.1 Å². The van der Waals surface area contributed by atoms with Crippen LogP contribution in [-0.4, -0.2) is 16.9 Å². The predicted molar refractivity (Wildman–Crippen MR) is 88.3 cm³/mol. The number of nitro groups is 1. The number of benzene rings is 2. The quantitative estimate of drug-likeness (QED) is 0.640. The number of carbonyl (C=O) groups excluding carboxylic acids is 1. The second-order valence-corrected chi connectivity index (χ2v) is 5.47. The number of hydrogen-bond acceptors (Lipinski definition) is 4. The van der Waals surface area contributed by atoms with Crippen molar-refractivity contribution in [2.24, 2.45) is 0 Å². The summed E-state index contributed by atoms with van der Waals surface area (Å²) >= 11 is 11.8. The molecule has 0 aromatic heterocycles. The average Bonchev–Trinajstić information content (AvgIpc) is 2.49. The molecule has 1 N–H and O–H groups in total. The van der Waals surface area contributed by atoms with Crippen LogP contribution in [0, 0.1) is 10.1 Å². The maximum atomic E-state index is 12.1. The Kier molecular flexibility index (Phi) is 5.41. The van der Waals surface area contributed by atoms with Crippen LogP contribution in [0.1, 0.15) is 6.92 Å². The van der Waals surface area contributed by atoms with Gasteiger partial charge in [0.15, 0.2) is 6.10 Å². The molecule has 0 fully saturated rings. The molecular formula is C15H12Cl2N2O4. The van der Waals surface area contributed by atoms with Gasteiger partial charge in [-0.2, -0.15) is 0 Å². The third-order valence-corrected chi connectivity index (χ3v) is 3.45. The van der Waals surface area contributed by atoms with Crippen molar-refractivity contribution in [1.82, 2.24) is 0 Å². The molecule has 2 aromatic carbocycles. The maximum absolute atomic E-state index is 12.1. The number of nitrogens with one attached hydrogen (secondary N) is 1. The summed E-state index contributed by atoms with van der Waals surface area (Å²) in [6.45, 7) is 1.57. The number of hydrogen-bond donors (Lipinski definition) is 1. The van der Waals surface area contributed by atoms with E-state index in [4.69, 9.17) is 27.9 Å². The van der Waals surface area contributed by atoms with Gasteiger partial charge in [0.2, 0.25) is 0 Å². The van der Waals surface area contributed by atoms with Crippen LogP contribution in [0.2, 0.25) is 10.0 Å². The Bertz CT molecular complexity index is 752. The summed E-state index contributed by atoms with van der Waals surface area (Å²) in [7, 11) is 0. The molecule has 120 valence electrons. The summed E-state index contributed by atoms with van der Waals surface area (Å²) in [5, 5.41) is 13.8. The Morgan fingerprint density at radius 3 is 2.61 bits per heavy atom. The molecule has 0 bridgehead atoms. The predicted octanol–water partition coefficient (Wildman–Crippen LogP) is 4.31. The van der Waals surface area contributed by atoms with Crippen LogP contribution in [0.3, 0.4) is 0 Å². The molecular weight excluding hydrogens is 343 g/mol. The molecule has 1 amide bonds. The molecule has 0 aliphatic rings. The summed E-state index contributed by atoms with van der Waals surface area (Å²) in [5.41, 5.74) is 0.111. The Morgan fingerprint density at radius 2 is 2.00 bits per heavy atom. The van der Waals surface area contributed by atoms with Crippen LogP contribution in [0.5, 0.6) is 5.75 Å². The van der Waals surface area contributed by atoms with E-state index in [0.29, 0.717) is 10.8 Å². The van der Waals surface area contributed by atoms with Crippen LogP contribution in [0.4, 0.5) is 11.4 Å². The van der Waals surface area contributed by atoms with Crippen LogP contribution >= 0.6 is 23.2 Å². The van der Waals surface area contributed by atoms with E-state index in [9.17, 15) is 14.9 Å². The number of nitro benzene ring substituents is 1. The Hall–Kier alpha value is -2.31. The molecule has 8 heteroatoms. The van der Waals surface area contributed by atoms with Gasteiger partial charge in [-0.05, 0) is 31.2 Å². The van der Waals surface area contributed by atoms with Crippen molar-refractivity contribution in [3.05, 3.63) is 62.6 Å². The highest BCUT2D eigenvalue weighted by Gasteiger charge is 2.17. The van der Waals surface area contributed by atoms with Crippen molar-refractivity contribution in [2.45, 2.75) is 13.0 Å². The summed E-state index contributed by atoms with van der Waals surface area (Å²) in [4.78, 5) is 22.2. The van der Waals surface area contributed by atoms with Gasteiger partial charge in [-0.3, -0.25) is 14.9 Å². The lowest BCUT2D eigenvalue weighted by Crippen LogP contribution is -2.30. The van der Waals surface area contributed by atoms with Crippen molar-refractivity contribution < 1.29 is 14.5 Å². The summed E-state index contributed by atoms with van der Waals surface area (Å²) in [6.07, 6.45) is -0.806. The lowest BCUT2D eigenvalue weighted by molar-refractivity contribution is -0.384. The molecule has 1 atom stereocenters. The van der Waals surface area contributed by atoms with Crippen LogP contribution in [0.15, 0.2) is 42.5 Å². The van der Waals surface area contributed by atoms with Gasteiger partial charge in [0.25, 0.3) is 11.6 Å². The maximum Gasteiger partial charge on any atom is 0.271 e. The number of anilines is 1. The summed E-state index contributed by atoms with van der Waals surface area (Å²) < 4.78 is 5.48. The standard InChI is InChI=1S/C15H12Cl2N2O4/c1-9(23-12-4-2-3-10(16)7-12)15(20)18-14-6-5-11(19(21)22)8-13(14)17/h2-9H,1H3,(H,18,20). The minimum Gasteiger partial charge on any atom is -0.481 e. The molecule has 1 unspecified atom stereocenters. The number of rotatable bonds is 5. The van der Waals surface area contributed by atoms with Gasteiger partial charge in [-0.15, -0.1) is 0 Å². The molecule has 0 saturated heterocycles. The highest BCUT2D eigenvalue weighted by atomic mass is 35.5. The first-order valence-corrected chi connectivity index (χ1v) is 7.29. The first-order chi connectivity index (χ1) is 10.9. The van der Waals surface area contributed by atoms with E-state index in [1.807, 2.05) is 0 Å². The zero-order chi connectivity index (χ0) is 17.0. The molecule has 6 nitrogen and oxygen atoms in total. The lowest BCUT2D eigenvalue weighted by Gasteiger charge is -2.15. The molecule has 0 saturated carbocycles. The van der Waals surface area contributed by atoms with Gasteiger partial charge in [-0.25, -0.2) is 0 Å². The molecule has 2 aromatic rings. The number of ether oxygens (including phenoxy) is 1. The van der Waals surface area contributed by atoms with Crippen molar-refractivity contribution in [1.29, 1.82) is 0 Å². The molecule has 0 aliphatic carbocycles. The molecule has 0 aliphatic heterocycles. The SMILES string of the molecule is CC(Oc1cccc(Cl)c1)C(=O)Nc1ccc([N+](=O)[O-])cc1Cl. The first-order valence-electron chi connectivity index (χ1n) is 6.54. The second kappa shape index (κ2) is 7.30. The van der Waals surface area contributed by atoms with Crippen LogP contribution in [-0.2, 0) is 4.79 Å². The van der Waals surface area contributed by atoms with Gasteiger partial charge >= 0.3 is 0 Å². The normalized spacial score (nSPS) is 11.6. The zero-order valence-electron chi connectivity index (χ0n) is 12.0. The van der Waals surface area contributed by atoms with E-state index >= 15 is 0 Å². The van der Waals surface area contributed by atoms with Crippen LogP contribution in [0.25, 0.3) is 0 Å². The highest BCUT2D eigenvalue weighted by molar-refractivity contribution is 6.34. The fourth-order valence-electron chi connectivity index (χ4n) is 1.75. The third-order valence-electron chi connectivity index (χ3n) is 2.90. The summed E-state index contributed by atoms with van der Waals surface area (Å²) in [6, 6.07) is 10.4. The van der Waals surface area contributed by atoms with E-state index in [1.54, 1.807) is 31.2 Å². The number of amides is 1. The van der Waals surface area contributed by atoms with Crippen LogP contribution < -0.4 is 10.1 Å². The summed E-state index contributed by atoms with van der Waals surface area (Å²) in [5.74, 6) is 0.00988. The molecule has 0 heterocycles. The van der Waals surface area contributed by atoms with Crippen molar-refractivity contribution in [3.63, 3.8) is 0 Å². The first kappa shape index (κ1) is 17.1. The van der Waals surface area contributed by atoms with Crippen molar-refractivity contribution in [2.75, 3.05) is 5.32 Å². The monoisotopic (exact) mass is 354 g/mol. The van der Waals surface area contributed by atoms with Crippen molar-refractivity contribution >= 4 is 40.5 Å². The number of carbonyl (C=O) groups is 1. The van der Waals surface area contributed by atoms with Gasteiger partial charge in [-0.1, -0.05) is 29.3 Å². The number of halogens is 2. The fraction of sp³-hybridized carbons (Fsp3) is 0.133. The van der Waals surface area contributed by atoms with Gasteiger partial charge in [0, 0.05) is 17.2 Å². The molecule has 0 radical (unpaired) electrons. The number of non-ortho nitro benzene ring substituents is 1. The van der Waals surface area contributed by atoms with Gasteiger partial charge in [0.05, 0.1) is 15.6 Å². The third kappa shape index (κ3) is 4.58. The van der Waals surface area contributed by atoms with E-state index < -0.39 is 16.9 Å². The average molecular weight is 355 g/mol. The topological polar surface area (TPSA) is 81.5 Å². The molecule has 0 spiro atoms. The Morgan fingerprint density at radius 1 is 1.26 bits per heavy atom. The van der Waals surface area contributed by atoms with E-state index in [-0.39, 0.29) is 16.4 Å². The fourth-order valence-corrected chi connectivity index (χ4v) is 2.15. The molecule has 2 rings (SSSR count). The Balaban J connectivity index is 2.05. The lowest BCUT2D eigenvalue weighted by atomic mass is 10.2. The number of nitrogens with zero attached hydrogens (tertiary/aromatic N) is 1. The smallest absolute Gasteiger partial charge is 0.271 e. The van der Waals surface area contributed by atoms with Crippen molar-refractivity contribution in [3.8, 4) is 5.75 Å².